The number of aromatic nitrogens is 3. The van der Waals surface area contributed by atoms with Crippen LogP contribution in [0.3, 0.4) is 0 Å². The molecule has 1 amide bonds. The summed E-state index contributed by atoms with van der Waals surface area (Å²) in [6.45, 7) is 4.32. The first-order chi connectivity index (χ1) is 13.1. The summed E-state index contributed by atoms with van der Waals surface area (Å²) in [7, 11) is 0. The van der Waals surface area contributed by atoms with Crippen molar-refractivity contribution in [2.24, 2.45) is 0 Å². The van der Waals surface area contributed by atoms with Gasteiger partial charge >= 0.3 is 0 Å². The van der Waals surface area contributed by atoms with E-state index in [2.05, 4.69) is 22.4 Å². The molecule has 1 aromatic heterocycles. The van der Waals surface area contributed by atoms with Crippen LogP contribution < -0.4 is 5.32 Å². The Morgan fingerprint density at radius 1 is 1.19 bits per heavy atom. The molecule has 0 fully saturated rings. The van der Waals surface area contributed by atoms with Crippen molar-refractivity contribution in [3.63, 3.8) is 0 Å². The van der Waals surface area contributed by atoms with E-state index in [9.17, 15) is 9.18 Å². The van der Waals surface area contributed by atoms with Crippen LogP contribution in [-0.2, 0) is 11.3 Å². The molecule has 27 heavy (non-hydrogen) atoms. The highest BCUT2D eigenvalue weighted by molar-refractivity contribution is 7.99. The molecule has 0 saturated heterocycles. The summed E-state index contributed by atoms with van der Waals surface area (Å²) in [6, 6.07) is 14.1. The minimum absolute atomic E-state index is 0.208. The smallest absolute Gasteiger partial charge is 0.221 e. The van der Waals surface area contributed by atoms with Crippen LogP contribution in [0.2, 0.25) is 0 Å². The molecule has 0 spiro atoms. The zero-order valence-electron chi connectivity index (χ0n) is 15.3. The molecule has 0 unspecified atom stereocenters. The standard InChI is InChI=1S/C20H21FN4OS/c1-3-4-12-25-19(15-8-6-5-7-9-15)23-24-20(25)27-18-13-16(21)10-11-17(18)22-14(2)26/h5-11,13H,3-4,12H2,1-2H3,(H,22,26). The second-order valence-electron chi connectivity index (χ2n) is 6.10. The van der Waals surface area contributed by atoms with Gasteiger partial charge in [0.1, 0.15) is 5.82 Å². The molecule has 140 valence electrons. The monoisotopic (exact) mass is 384 g/mol. The maximum atomic E-state index is 13.8. The molecule has 0 aliphatic heterocycles. The molecule has 0 aliphatic carbocycles. The van der Waals surface area contributed by atoms with Crippen LogP contribution in [0, 0.1) is 5.82 Å². The number of anilines is 1. The molecule has 0 saturated carbocycles. The molecule has 2 aromatic carbocycles. The Morgan fingerprint density at radius 2 is 1.96 bits per heavy atom. The van der Waals surface area contributed by atoms with Crippen molar-refractivity contribution in [1.29, 1.82) is 0 Å². The van der Waals surface area contributed by atoms with E-state index in [0.717, 1.165) is 30.8 Å². The number of amides is 1. The van der Waals surface area contributed by atoms with Crippen LogP contribution in [0.1, 0.15) is 26.7 Å². The highest BCUT2D eigenvalue weighted by Gasteiger charge is 2.17. The summed E-state index contributed by atoms with van der Waals surface area (Å²) in [6.07, 6.45) is 2.01. The van der Waals surface area contributed by atoms with Gasteiger partial charge in [-0.15, -0.1) is 10.2 Å². The van der Waals surface area contributed by atoms with Crippen molar-refractivity contribution >= 4 is 23.4 Å². The Bertz CT molecular complexity index is 927. The normalized spacial score (nSPS) is 10.8. The topological polar surface area (TPSA) is 59.8 Å². The van der Waals surface area contributed by atoms with Crippen LogP contribution >= 0.6 is 11.8 Å². The van der Waals surface area contributed by atoms with Crippen LogP contribution in [-0.4, -0.2) is 20.7 Å². The zero-order valence-corrected chi connectivity index (χ0v) is 16.1. The molecular weight excluding hydrogens is 363 g/mol. The molecule has 7 heteroatoms. The molecule has 0 atom stereocenters. The van der Waals surface area contributed by atoms with Gasteiger partial charge in [0.05, 0.1) is 5.69 Å². The van der Waals surface area contributed by atoms with E-state index in [-0.39, 0.29) is 11.7 Å². The Morgan fingerprint density at radius 3 is 2.67 bits per heavy atom. The third kappa shape index (κ3) is 4.74. The first-order valence-electron chi connectivity index (χ1n) is 8.82. The Hall–Kier alpha value is -2.67. The zero-order chi connectivity index (χ0) is 19.2. The van der Waals surface area contributed by atoms with Gasteiger partial charge in [0, 0.05) is 23.9 Å². The van der Waals surface area contributed by atoms with Crippen molar-refractivity contribution in [2.75, 3.05) is 5.32 Å². The molecule has 5 nitrogen and oxygen atoms in total. The van der Waals surface area contributed by atoms with E-state index in [1.54, 1.807) is 6.07 Å². The highest BCUT2D eigenvalue weighted by Crippen LogP contribution is 2.35. The van der Waals surface area contributed by atoms with E-state index in [1.807, 2.05) is 34.9 Å². The average Bonchev–Trinajstić information content (AvgIpc) is 3.05. The molecule has 3 aromatic rings. The summed E-state index contributed by atoms with van der Waals surface area (Å²) in [5, 5.41) is 12.1. The van der Waals surface area contributed by atoms with Gasteiger partial charge in [-0.2, -0.15) is 0 Å². The number of benzene rings is 2. The van der Waals surface area contributed by atoms with Gasteiger partial charge in [-0.25, -0.2) is 4.39 Å². The van der Waals surface area contributed by atoms with Crippen molar-refractivity contribution in [3.05, 3.63) is 54.3 Å². The van der Waals surface area contributed by atoms with Crippen LogP contribution in [0.15, 0.2) is 58.6 Å². The van der Waals surface area contributed by atoms with Crippen LogP contribution in [0.5, 0.6) is 0 Å². The van der Waals surface area contributed by atoms with Crippen molar-refractivity contribution in [3.8, 4) is 11.4 Å². The number of halogens is 1. The SMILES string of the molecule is CCCCn1c(Sc2cc(F)ccc2NC(C)=O)nnc1-c1ccccc1. The van der Waals surface area contributed by atoms with E-state index in [1.165, 1.54) is 30.8 Å². The summed E-state index contributed by atoms with van der Waals surface area (Å²) in [5.74, 6) is 0.208. The quantitative estimate of drug-likeness (QED) is 0.623. The Labute approximate surface area is 162 Å². The molecule has 0 aliphatic rings. The lowest BCUT2D eigenvalue weighted by molar-refractivity contribution is -0.114. The molecule has 0 radical (unpaired) electrons. The second kappa shape index (κ2) is 8.81. The van der Waals surface area contributed by atoms with Crippen molar-refractivity contribution < 1.29 is 9.18 Å². The third-order valence-corrected chi connectivity index (χ3v) is 4.98. The van der Waals surface area contributed by atoms with Gasteiger partial charge in [0.2, 0.25) is 5.91 Å². The van der Waals surface area contributed by atoms with Gasteiger partial charge < -0.3 is 9.88 Å². The van der Waals surface area contributed by atoms with Crippen molar-refractivity contribution in [2.45, 2.75) is 43.3 Å². The lowest BCUT2D eigenvalue weighted by Crippen LogP contribution is -2.07. The van der Waals surface area contributed by atoms with E-state index in [4.69, 9.17) is 0 Å². The summed E-state index contributed by atoms with van der Waals surface area (Å²) in [4.78, 5) is 12.0. The molecule has 0 bridgehead atoms. The molecular formula is C20H21FN4OS. The van der Waals surface area contributed by atoms with Gasteiger partial charge in [0.25, 0.3) is 0 Å². The maximum absolute atomic E-state index is 13.8. The minimum atomic E-state index is -0.366. The third-order valence-electron chi connectivity index (χ3n) is 3.94. The van der Waals surface area contributed by atoms with Crippen LogP contribution in [0.4, 0.5) is 10.1 Å². The van der Waals surface area contributed by atoms with E-state index in [0.29, 0.717) is 15.7 Å². The first-order valence-corrected chi connectivity index (χ1v) is 9.63. The molecule has 1 heterocycles. The number of nitrogens with zero attached hydrogens (tertiary/aromatic N) is 3. The number of hydrogen-bond donors (Lipinski definition) is 1. The fraction of sp³-hybridized carbons (Fsp3) is 0.250. The van der Waals surface area contributed by atoms with Gasteiger partial charge in [-0.1, -0.05) is 43.7 Å². The first kappa shape index (κ1) is 19.1. The van der Waals surface area contributed by atoms with Gasteiger partial charge in [-0.05, 0) is 36.4 Å². The molecule has 3 rings (SSSR count). The van der Waals surface area contributed by atoms with Crippen LogP contribution in [0.25, 0.3) is 11.4 Å². The van der Waals surface area contributed by atoms with Gasteiger partial charge in [-0.3, -0.25) is 4.79 Å². The van der Waals surface area contributed by atoms with Crippen molar-refractivity contribution in [1.82, 2.24) is 14.8 Å². The number of nitrogens with one attached hydrogen (secondary N) is 1. The highest BCUT2D eigenvalue weighted by atomic mass is 32.2. The predicted molar refractivity (Wildman–Crippen MR) is 105 cm³/mol. The number of rotatable bonds is 7. The number of unbranched alkanes of at least 4 members (excludes halogenated alkanes) is 1. The predicted octanol–water partition coefficient (Wildman–Crippen LogP) is 4.99. The maximum Gasteiger partial charge on any atom is 0.221 e. The molecule has 1 N–H and O–H groups in total. The summed E-state index contributed by atoms with van der Waals surface area (Å²) < 4.78 is 15.8. The largest absolute Gasteiger partial charge is 0.325 e. The Kier molecular flexibility index (Phi) is 6.24. The lowest BCUT2D eigenvalue weighted by Gasteiger charge is -2.12. The second-order valence-corrected chi connectivity index (χ2v) is 7.11. The lowest BCUT2D eigenvalue weighted by atomic mass is 10.2. The number of hydrogen-bond acceptors (Lipinski definition) is 4. The van der Waals surface area contributed by atoms with E-state index < -0.39 is 0 Å². The minimum Gasteiger partial charge on any atom is -0.325 e. The fourth-order valence-electron chi connectivity index (χ4n) is 2.65. The van der Waals surface area contributed by atoms with E-state index >= 15 is 0 Å². The fourth-order valence-corrected chi connectivity index (χ4v) is 3.62. The Balaban J connectivity index is 1.99. The summed E-state index contributed by atoms with van der Waals surface area (Å²) in [5.41, 5.74) is 1.54. The van der Waals surface area contributed by atoms with Gasteiger partial charge in [0.15, 0.2) is 11.0 Å². The average molecular weight is 384 g/mol. The number of carbonyl (C=O) groups is 1. The summed E-state index contributed by atoms with van der Waals surface area (Å²) >= 11 is 1.30. The number of carbonyl (C=O) groups excluding carboxylic acids is 1.